The molecule has 18 heavy (non-hydrogen) atoms. The number of nitrogens with zero attached hydrogens (tertiary/aromatic N) is 2. The van der Waals surface area contributed by atoms with E-state index >= 15 is 0 Å². The van der Waals surface area contributed by atoms with Crippen LogP contribution in [-0.2, 0) is 13.0 Å². The van der Waals surface area contributed by atoms with Crippen LogP contribution in [0.1, 0.15) is 36.4 Å². The van der Waals surface area contributed by atoms with Gasteiger partial charge in [0.25, 0.3) is 0 Å². The number of aryl methyl sites for hydroxylation is 2. The van der Waals surface area contributed by atoms with E-state index in [9.17, 15) is 5.11 Å². The van der Waals surface area contributed by atoms with Gasteiger partial charge in [0.2, 0.25) is 0 Å². The second-order valence-electron chi connectivity index (χ2n) is 4.62. The van der Waals surface area contributed by atoms with Crippen molar-refractivity contribution in [2.75, 3.05) is 0 Å². The molecule has 1 aromatic carbocycles. The zero-order valence-corrected chi connectivity index (χ0v) is 11.0. The molecule has 0 amide bonds. The van der Waals surface area contributed by atoms with Crippen LogP contribution in [0.4, 0.5) is 0 Å². The van der Waals surface area contributed by atoms with Gasteiger partial charge in [-0.3, -0.25) is 0 Å². The number of aliphatic hydroxyl groups is 1. The minimum absolute atomic E-state index is 0.476. The average molecular weight is 244 g/mol. The fourth-order valence-electron chi connectivity index (χ4n) is 2.20. The van der Waals surface area contributed by atoms with E-state index in [1.807, 2.05) is 42.0 Å². The van der Waals surface area contributed by atoms with Gasteiger partial charge in [0.1, 0.15) is 5.82 Å². The lowest BCUT2D eigenvalue weighted by Crippen LogP contribution is -2.12. The fraction of sp³-hybridized carbons (Fsp3) is 0.400. The summed E-state index contributed by atoms with van der Waals surface area (Å²) in [6.07, 6.45) is 5.28. The molecule has 96 valence electrons. The zero-order chi connectivity index (χ0) is 13.0. The number of imidazole rings is 1. The van der Waals surface area contributed by atoms with Crippen LogP contribution in [0, 0.1) is 6.92 Å². The molecule has 3 heteroatoms. The molecule has 0 bridgehead atoms. The van der Waals surface area contributed by atoms with E-state index in [1.54, 1.807) is 6.20 Å². The van der Waals surface area contributed by atoms with Crippen molar-refractivity contribution in [1.29, 1.82) is 0 Å². The van der Waals surface area contributed by atoms with Crippen molar-refractivity contribution in [2.24, 2.45) is 0 Å². The highest BCUT2D eigenvalue weighted by atomic mass is 16.3. The first-order valence-electron chi connectivity index (χ1n) is 6.46. The molecular weight excluding hydrogens is 224 g/mol. The molecule has 0 aliphatic heterocycles. The monoisotopic (exact) mass is 244 g/mol. The van der Waals surface area contributed by atoms with Crippen molar-refractivity contribution in [3.8, 4) is 0 Å². The number of aromatic nitrogens is 2. The molecule has 0 aliphatic rings. The standard InChI is InChI=1S/C15H20N2O/c1-3-6-15-16-9-10-17(15)11-14(18)13-8-5-4-7-12(13)2/h4-5,7-10,14,18H,3,6,11H2,1-2H3. The first-order valence-corrected chi connectivity index (χ1v) is 6.46. The third-order valence-corrected chi connectivity index (χ3v) is 3.19. The zero-order valence-electron chi connectivity index (χ0n) is 11.0. The Bertz CT molecular complexity index is 505. The number of aliphatic hydroxyl groups excluding tert-OH is 1. The maximum atomic E-state index is 10.3. The first-order chi connectivity index (χ1) is 8.72. The van der Waals surface area contributed by atoms with Gasteiger partial charge < -0.3 is 9.67 Å². The van der Waals surface area contributed by atoms with Gasteiger partial charge in [-0.15, -0.1) is 0 Å². The summed E-state index contributed by atoms with van der Waals surface area (Å²) in [5.74, 6) is 1.05. The van der Waals surface area contributed by atoms with Gasteiger partial charge in [-0.2, -0.15) is 0 Å². The lowest BCUT2D eigenvalue weighted by molar-refractivity contribution is 0.154. The van der Waals surface area contributed by atoms with Gasteiger partial charge in [0.15, 0.2) is 0 Å². The SMILES string of the molecule is CCCc1nccn1CC(O)c1ccccc1C. The second-order valence-corrected chi connectivity index (χ2v) is 4.62. The molecule has 0 saturated heterocycles. The van der Waals surface area contributed by atoms with Crippen LogP contribution in [-0.4, -0.2) is 14.7 Å². The van der Waals surface area contributed by atoms with Crippen LogP contribution in [0.5, 0.6) is 0 Å². The van der Waals surface area contributed by atoms with Crippen LogP contribution in [0.15, 0.2) is 36.7 Å². The van der Waals surface area contributed by atoms with Crippen molar-refractivity contribution >= 4 is 0 Å². The van der Waals surface area contributed by atoms with Crippen LogP contribution < -0.4 is 0 Å². The largest absolute Gasteiger partial charge is 0.387 e. The number of benzene rings is 1. The van der Waals surface area contributed by atoms with Crippen LogP contribution in [0.3, 0.4) is 0 Å². The van der Waals surface area contributed by atoms with Gasteiger partial charge in [-0.25, -0.2) is 4.98 Å². The summed E-state index contributed by atoms with van der Waals surface area (Å²) < 4.78 is 2.04. The molecule has 2 rings (SSSR count). The summed E-state index contributed by atoms with van der Waals surface area (Å²) in [4.78, 5) is 4.33. The topological polar surface area (TPSA) is 38.0 Å². The maximum absolute atomic E-state index is 10.3. The predicted molar refractivity (Wildman–Crippen MR) is 72.4 cm³/mol. The Labute approximate surface area is 108 Å². The van der Waals surface area contributed by atoms with Crippen molar-refractivity contribution < 1.29 is 5.11 Å². The summed E-state index contributed by atoms with van der Waals surface area (Å²) in [5.41, 5.74) is 2.12. The molecule has 1 atom stereocenters. The molecule has 1 aromatic heterocycles. The van der Waals surface area contributed by atoms with E-state index in [2.05, 4.69) is 11.9 Å². The highest BCUT2D eigenvalue weighted by Crippen LogP contribution is 2.19. The summed E-state index contributed by atoms with van der Waals surface area (Å²) in [6, 6.07) is 7.97. The molecule has 0 spiro atoms. The number of hydrogen-bond donors (Lipinski definition) is 1. The Balaban J connectivity index is 2.14. The summed E-state index contributed by atoms with van der Waals surface area (Å²) in [5, 5.41) is 10.3. The number of rotatable bonds is 5. The van der Waals surface area contributed by atoms with Gasteiger partial charge >= 0.3 is 0 Å². The molecule has 3 nitrogen and oxygen atoms in total. The second kappa shape index (κ2) is 5.83. The minimum atomic E-state index is -0.476. The number of hydrogen-bond acceptors (Lipinski definition) is 2. The highest BCUT2D eigenvalue weighted by molar-refractivity contribution is 5.27. The predicted octanol–water partition coefficient (Wildman–Crippen LogP) is 2.88. The van der Waals surface area contributed by atoms with Crippen LogP contribution >= 0.6 is 0 Å². The van der Waals surface area contributed by atoms with Crippen molar-refractivity contribution in [2.45, 2.75) is 39.3 Å². The van der Waals surface area contributed by atoms with E-state index in [-0.39, 0.29) is 0 Å². The Morgan fingerprint density at radius 1 is 1.33 bits per heavy atom. The van der Waals surface area contributed by atoms with E-state index in [4.69, 9.17) is 0 Å². The Kier molecular flexibility index (Phi) is 4.15. The van der Waals surface area contributed by atoms with Gasteiger partial charge in [0, 0.05) is 18.8 Å². The molecular formula is C15H20N2O. The maximum Gasteiger partial charge on any atom is 0.108 e. The van der Waals surface area contributed by atoms with Gasteiger partial charge in [-0.1, -0.05) is 31.2 Å². The van der Waals surface area contributed by atoms with Crippen LogP contribution in [0.2, 0.25) is 0 Å². The fourth-order valence-corrected chi connectivity index (χ4v) is 2.20. The molecule has 0 fully saturated rings. The third kappa shape index (κ3) is 2.79. The molecule has 0 saturated carbocycles. The Morgan fingerprint density at radius 2 is 2.11 bits per heavy atom. The summed E-state index contributed by atoms with van der Waals surface area (Å²) >= 11 is 0. The third-order valence-electron chi connectivity index (χ3n) is 3.19. The first kappa shape index (κ1) is 12.8. The molecule has 0 aliphatic carbocycles. The molecule has 1 heterocycles. The summed E-state index contributed by atoms with van der Waals surface area (Å²) in [6.45, 7) is 4.73. The normalized spacial score (nSPS) is 12.6. The van der Waals surface area contributed by atoms with Crippen molar-refractivity contribution in [3.63, 3.8) is 0 Å². The van der Waals surface area contributed by atoms with E-state index in [0.29, 0.717) is 6.54 Å². The van der Waals surface area contributed by atoms with Gasteiger partial charge in [0.05, 0.1) is 12.6 Å². The Hall–Kier alpha value is -1.61. The highest BCUT2D eigenvalue weighted by Gasteiger charge is 2.12. The van der Waals surface area contributed by atoms with Crippen molar-refractivity contribution in [1.82, 2.24) is 9.55 Å². The quantitative estimate of drug-likeness (QED) is 0.878. The Morgan fingerprint density at radius 3 is 2.83 bits per heavy atom. The molecule has 0 radical (unpaired) electrons. The van der Waals surface area contributed by atoms with E-state index in [1.165, 1.54) is 0 Å². The van der Waals surface area contributed by atoms with Crippen molar-refractivity contribution in [3.05, 3.63) is 53.6 Å². The summed E-state index contributed by atoms with van der Waals surface area (Å²) in [7, 11) is 0. The molecule has 1 N–H and O–H groups in total. The smallest absolute Gasteiger partial charge is 0.108 e. The van der Waals surface area contributed by atoms with E-state index < -0.39 is 6.10 Å². The lowest BCUT2D eigenvalue weighted by atomic mass is 10.0. The molecule has 1 unspecified atom stereocenters. The minimum Gasteiger partial charge on any atom is -0.387 e. The van der Waals surface area contributed by atoms with E-state index in [0.717, 1.165) is 29.8 Å². The average Bonchev–Trinajstić information content (AvgIpc) is 2.78. The van der Waals surface area contributed by atoms with Gasteiger partial charge in [-0.05, 0) is 24.5 Å². The van der Waals surface area contributed by atoms with Crippen LogP contribution in [0.25, 0.3) is 0 Å². The lowest BCUT2D eigenvalue weighted by Gasteiger charge is -2.15. The molecule has 2 aromatic rings.